The standard InChI is InChI=1S/C29H30FN9O2/c1-16-12-18(14-37(2)28(16)40)22-20(30)6-5-17-13-19(26(34-23(17)22)38-8-10-41-11-9-38)21-4-3-7-39(21)27-24-25(33-15-32-24)35-29(31)36-27/h5-6,12-15,21H,3-4,7-11H2,1-2H3,(H3,31,32,33,35,36). The highest BCUT2D eigenvalue weighted by atomic mass is 19.1. The normalized spacial score (nSPS) is 17.7. The summed E-state index contributed by atoms with van der Waals surface area (Å²) in [5.41, 5.74) is 10.4. The number of nitrogens with one attached hydrogen (secondary N) is 1. The largest absolute Gasteiger partial charge is 0.378 e. The number of fused-ring (bicyclic) bond motifs is 2. The predicted molar refractivity (Wildman–Crippen MR) is 156 cm³/mol. The Morgan fingerprint density at radius 3 is 2.73 bits per heavy atom. The van der Waals surface area contributed by atoms with Crippen LogP contribution >= 0.6 is 0 Å². The van der Waals surface area contributed by atoms with Gasteiger partial charge in [0.25, 0.3) is 5.56 Å². The predicted octanol–water partition coefficient (Wildman–Crippen LogP) is 3.47. The molecule has 0 radical (unpaired) electrons. The smallest absolute Gasteiger partial charge is 0.253 e. The Kier molecular flexibility index (Phi) is 6.07. The number of benzene rings is 1. The molecular formula is C29H30FN9O2. The van der Waals surface area contributed by atoms with E-state index in [1.54, 1.807) is 38.6 Å². The highest BCUT2D eigenvalue weighted by molar-refractivity contribution is 5.96. The van der Waals surface area contributed by atoms with Crippen molar-refractivity contribution in [3.8, 4) is 11.1 Å². The Morgan fingerprint density at radius 1 is 1.10 bits per heavy atom. The van der Waals surface area contributed by atoms with Gasteiger partial charge in [0, 0.05) is 60.5 Å². The lowest BCUT2D eigenvalue weighted by Gasteiger charge is -2.34. The fourth-order valence-electron chi connectivity index (χ4n) is 6.17. The number of hydrogen-bond donors (Lipinski definition) is 2. The minimum atomic E-state index is -0.385. The Labute approximate surface area is 234 Å². The van der Waals surface area contributed by atoms with Gasteiger partial charge in [-0.15, -0.1) is 0 Å². The lowest BCUT2D eigenvalue weighted by atomic mass is 9.97. The molecule has 41 heavy (non-hydrogen) atoms. The van der Waals surface area contributed by atoms with Crippen molar-refractivity contribution >= 4 is 39.7 Å². The number of pyridine rings is 2. The molecule has 2 aliphatic heterocycles. The van der Waals surface area contributed by atoms with Crippen LogP contribution in [0.2, 0.25) is 0 Å². The minimum Gasteiger partial charge on any atom is -0.378 e. The zero-order valence-corrected chi connectivity index (χ0v) is 22.9. The van der Waals surface area contributed by atoms with Crippen molar-refractivity contribution in [2.45, 2.75) is 25.8 Å². The quantitative estimate of drug-likeness (QED) is 0.342. The zero-order valence-electron chi connectivity index (χ0n) is 22.9. The lowest BCUT2D eigenvalue weighted by Crippen LogP contribution is -2.38. The second-order valence-corrected chi connectivity index (χ2v) is 10.7. The summed E-state index contributed by atoms with van der Waals surface area (Å²) in [5.74, 6) is 1.29. The maximum atomic E-state index is 15.6. The number of halogens is 1. The first-order chi connectivity index (χ1) is 19.9. The third-order valence-electron chi connectivity index (χ3n) is 8.07. The molecule has 5 aromatic rings. The molecule has 2 saturated heterocycles. The number of aryl methyl sites for hydroxylation is 2. The molecule has 1 unspecified atom stereocenters. The number of morpholine rings is 1. The number of nitrogen functional groups attached to an aromatic ring is 1. The maximum Gasteiger partial charge on any atom is 0.253 e. The van der Waals surface area contributed by atoms with Gasteiger partial charge < -0.3 is 29.8 Å². The topological polar surface area (TPSA) is 131 Å². The van der Waals surface area contributed by atoms with Crippen LogP contribution in [-0.4, -0.2) is 62.3 Å². The number of hydrogen-bond acceptors (Lipinski definition) is 9. The Morgan fingerprint density at radius 2 is 1.93 bits per heavy atom. The molecule has 210 valence electrons. The van der Waals surface area contributed by atoms with Crippen molar-refractivity contribution in [3.05, 3.63) is 64.1 Å². The van der Waals surface area contributed by atoms with Gasteiger partial charge in [-0.2, -0.15) is 9.97 Å². The van der Waals surface area contributed by atoms with Crippen molar-refractivity contribution in [2.75, 3.05) is 48.4 Å². The van der Waals surface area contributed by atoms with E-state index in [1.807, 2.05) is 0 Å². The second-order valence-electron chi connectivity index (χ2n) is 10.7. The van der Waals surface area contributed by atoms with E-state index in [1.165, 1.54) is 10.6 Å². The molecule has 6 heterocycles. The third-order valence-corrected chi connectivity index (χ3v) is 8.07. The fraction of sp³-hybridized carbons (Fsp3) is 0.345. The highest BCUT2D eigenvalue weighted by Crippen LogP contribution is 2.43. The summed E-state index contributed by atoms with van der Waals surface area (Å²) >= 11 is 0. The van der Waals surface area contributed by atoms with Crippen molar-refractivity contribution in [2.24, 2.45) is 7.05 Å². The number of nitrogens with two attached hydrogens (primary N) is 1. The lowest BCUT2D eigenvalue weighted by molar-refractivity contribution is 0.122. The van der Waals surface area contributed by atoms with Crippen molar-refractivity contribution in [1.29, 1.82) is 0 Å². The van der Waals surface area contributed by atoms with Crippen LogP contribution in [0.1, 0.15) is 30.0 Å². The fourth-order valence-corrected chi connectivity index (χ4v) is 6.17. The first kappa shape index (κ1) is 25.4. The molecule has 0 saturated carbocycles. The zero-order chi connectivity index (χ0) is 28.2. The summed E-state index contributed by atoms with van der Waals surface area (Å²) in [7, 11) is 1.68. The van der Waals surface area contributed by atoms with E-state index in [9.17, 15) is 4.79 Å². The molecule has 0 aliphatic carbocycles. The molecule has 1 aromatic carbocycles. The van der Waals surface area contributed by atoms with Crippen LogP contribution in [0.25, 0.3) is 33.2 Å². The van der Waals surface area contributed by atoms with E-state index in [0.29, 0.717) is 60.0 Å². The van der Waals surface area contributed by atoms with Crippen LogP contribution < -0.4 is 21.1 Å². The summed E-state index contributed by atoms with van der Waals surface area (Å²) in [5, 5.41) is 0.820. The molecule has 12 heteroatoms. The molecule has 3 N–H and O–H groups in total. The van der Waals surface area contributed by atoms with Crippen LogP contribution in [0, 0.1) is 12.7 Å². The highest BCUT2D eigenvalue weighted by Gasteiger charge is 2.34. The van der Waals surface area contributed by atoms with E-state index in [0.717, 1.165) is 41.7 Å². The van der Waals surface area contributed by atoms with E-state index in [-0.39, 0.29) is 23.4 Å². The SMILES string of the molecule is Cc1cc(-c2c(F)ccc3cc(C4CCCN4c4nc(N)nc5nc[nH]c45)c(N4CCOCC4)nc23)cn(C)c1=O. The van der Waals surface area contributed by atoms with Gasteiger partial charge in [-0.25, -0.2) is 14.4 Å². The van der Waals surface area contributed by atoms with Gasteiger partial charge in [0.2, 0.25) is 5.95 Å². The monoisotopic (exact) mass is 555 g/mol. The minimum absolute atomic E-state index is 0.0427. The average Bonchev–Trinajstić information content (AvgIpc) is 3.65. The summed E-state index contributed by atoms with van der Waals surface area (Å²) in [6.45, 7) is 5.04. The molecule has 2 fully saturated rings. The number of nitrogens with zero attached hydrogens (tertiary/aromatic N) is 7. The van der Waals surface area contributed by atoms with Crippen molar-refractivity contribution in [3.63, 3.8) is 0 Å². The number of anilines is 3. The molecular weight excluding hydrogens is 525 g/mol. The van der Waals surface area contributed by atoms with Gasteiger partial charge in [-0.1, -0.05) is 0 Å². The molecule has 1 atom stereocenters. The molecule has 7 rings (SSSR count). The summed E-state index contributed by atoms with van der Waals surface area (Å²) in [4.78, 5) is 38.4. The molecule has 0 bridgehead atoms. The molecule has 0 amide bonds. The first-order valence-corrected chi connectivity index (χ1v) is 13.8. The van der Waals surface area contributed by atoms with Gasteiger partial charge in [-0.3, -0.25) is 4.79 Å². The van der Waals surface area contributed by atoms with Crippen molar-refractivity contribution in [1.82, 2.24) is 29.5 Å². The van der Waals surface area contributed by atoms with Crippen LogP contribution in [0.15, 0.2) is 41.6 Å². The van der Waals surface area contributed by atoms with Crippen LogP contribution in [0.3, 0.4) is 0 Å². The number of ether oxygens (including phenoxy) is 1. The maximum absolute atomic E-state index is 15.6. The molecule has 4 aromatic heterocycles. The Bertz CT molecular complexity index is 1840. The van der Waals surface area contributed by atoms with Gasteiger partial charge in [0.15, 0.2) is 11.5 Å². The number of imidazole rings is 1. The number of rotatable bonds is 4. The van der Waals surface area contributed by atoms with Crippen molar-refractivity contribution < 1.29 is 9.13 Å². The van der Waals surface area contributed by atoms with Gasteiger partial charge in [-0.05, 0) is 44.0 Å². The number of aromatic nitrogens is 6. The Balaban J connectivity index is 1.44. The van der Waals surface area contributed by atoms with Crippen LogP contribution in [-0.2, 0) is 11.8 Å². The van der Waals surface area contributed by atoms with Gasteiger partial charge >= 0.3 is 0 Å². The van der Waals surface area contributed by atoms with E-state index < -0.39 is 0 Å². The number of H-pyrrole nitrogens is 1. The Hall–Kier alpha value is -4.58. The van der Waals surface area contributed by atoms with E-state index >= 15 is 4.39 Å². The van der Waals surface area contributed by atoms with E-state index in [2.05, 4.69) is 35.8 Å². The van der Waals surface area contributed by atoms with Crippen LogP contribution in [0.5, 0.6) is 0 Å². The molecule has 0 spiro atoms. The first-order valence-electron chi connectivity index (χ1n) is 13.8. The summed E-state index contributed by atoms with van der Waals surface area (Å²) in [6, 6.07) is 7.07. The average molecular weight is 556 g/mol. The van der Waals surface area contributed by atoms with E-state index in [4.69, 9.17) is 15.5 Å². The third kappa shape index (κ3) is 4.26. The summed E-state index contributed by atoms with van der Waals surface area (Å²) in [6.07, 6.45) is 5.11. The van der Waals surface area contributed by atoms with Crippen LogP contribution in [0.4, 0.5) is 22.0 Å². The summed E-state index contributed by atoms with van der Waals surface area (Å²) < 4.78 is 22.7. The van der Waals surface area contributed by atoms with Gasteiger partial charge in [0.05, 0.1) is 31.1 Å². The molecule has 2 aliphatic rings. The second kappa shape index (κ2) is 9.81. The number of aromatic amines is 1. The molecule has 11 nitrogen and oxygen atoms in total. The van der Waals surface area contributed by atoms with Gasteiger partial charge in [0.1, 0.15) is 17.2 Å².